The lowest BCUT2D eigenvalue weighted by Crippen LogP contribution is -2.08. The van der Waals surface area contributed by atoms with E-state index in [9.17, 15) is 4.79 Å². The number of carbonyl (C=O) groups is 1. The Morgan fingerprint density at radius 3 is 1.97 bits per heavy atom. The van der Waals surface area contributed by atoms with Crippen LogP contribution < -0.4 is 4.74 Å². The number of ether oxygens (including phenoxy) is 1. The van der Waals surface area contributed by atoms with Crippen LogP contribution in [-0.4, -0.2) is 32.1 Å². The third kappa shape index (κ3) is 9.06. The summed E-state index contributed by atoms with van der Waals surface area (Å²) >= 11 is 1.64. The van der Waals surface area contributed by atoms with Crippen LogP contribution in [0.15, 0.2) is 54.0 Å². The minimum atomic E-state index is 0. The maximum Gasteiger partial charge on any atom is 0.242 e. The van der Waals surface area contributed by atoms with Gasteiger partial charge in [-0.25, -0.2) is 9.97 Å². The van der Waals surface area contributed by atoms with Gasteiger partial charge in [-0.15, -0.1) is 11.3 Å². The van der Waals surface area contributed by atoms with Crippen molar-refractivity contribution in [1.82, 2.24) is 20.2 Å². The Morgan fingerprint density at radius 2 is 1.50 bits per heavy atom. The van der Waals surface area contributed by atoms with Crippen LogP contribution in [0.5, 0.6) is 5.88 Å². The molecule has 0 atom stereocenters. The summed E-state index contributed by atoms with van der Waals surface area (Å²) in [6, 6.07) is 13.6. The Balaban J connectivity index is -0.000000563. The van der Waals surface area contributed by atoms with Gasteiger partial charge in [0, 0.05) is 12.1 Å². The Labute approximate surface area is 210 Å². The third-order valence-corrected chi connectivity index (χ3v) is 4.81. The monoisotopic (exact) mass is 488 g/mol. The van der Waals surface area contributed by atoms with E-state index in [-0.39, 0.29) is 54.9 Å². The lowest BCUT2D eigenvalue weighted by molar-refractivity contribution is 0.0934. The minimum Gasteiger partial charge on any atom is -0.473 e. The van der Waals surface area contributed by atoms with Crippen molar-refractivity contribution in [3.8, 4) is 16.5 Å². The lowest BCUT2D eigenvalue weighted by Gasteiger charge is -2.12. The Bertz CT molecular complexity index is 1060. The number of aromatic amines is 1. The number of hydrogen-bond donors (Lipinski definition) is 1. The minimum absolute atomic E-state index is 0. The second kappa shape index (κ2) is 16.5. The smallest absolute Gasteiger partial charge is 0.242 e. The molecule has 3 heterocycles. The van der Waals surface area contributed by atoms with Crippen LogP contribution in [0.1, 0.15) is 75.3 Å². The SMILES string of the molecule is C.C.C.C.C.CC(C)C(=O)c1ccn[nH]1.CC(C)Oc1nc2ccccc2nc1-c1cccs1. The molecule has 0 saturated carbocycles. The first-order chi connectivity index (χ1) is 14.0. The number of thiophene rings is 1. The highest BCUT2D eigenvalue weighted by atomic mass is 32.1. The maximum atomic E-state index is 11.1. The molecular weight excluding hydrogens is 444 g/mol. The highest BCUT2D eigenvalue weighted by molar-refractivity contribution is 7.13. The Hall–Kier alpha value is -3.06. The number of H-pyrrole nitrogens is 1. The van der Waals surface area contributed by atoms with Crippen LogP contribution in [0.4, 0.5) is 0 Å². The number of nitrogens with one attached hydrogen (secondary N) is 1. The van der Waals surface area contributed by atoms with Crippen molar-refractivity contribution in [2.24, 2.45) is 5.92 Å². The first-order valence-electron chi connectivity index (χ1n) is 9.46. The number of nitrogens with zero attached hydrogens (tertiary/aromatic N) is 3. The molecule has 0 fully saturated rings. The normalized spacial score (nSPS) is 9.24. The molecule has 0 unspecified atom stereocenters. The molecule has 0 saturated heterocycles. The van der Waals surface area contributed by atoms with E-state index in [1.165, 1.54) is 0 Å². The van der Waals surface area contributed by atoms with Gasteiger partial charge in [-0.05, 0) is 43.5 Å². The molecule has 1 N–H and O–H groups in total. The maximum absolute atomic E-state index is 11.1. The summed E-state index contributed by atoms with van der Waals surface area (Å²) in [5, 5.41) is 8.33. The highest BCUT2D eigenvalue weighted by Crippen LogP contribution is 2.32. The van der Waals surface area contributed by atoms with Crippen molar-refractivity contribution in [1.29, 1.82) is 0 Å². The predicted octanol–water partition coefficient (Wildman–Crippen LogP) is 8.57. The topological polar surface area (TPSA) is 80.8 Å². The molecule has 0 aliphatic heterocycles. The summed E-state index contributed by atoms with van der Waals surface area (Å²) in [4.78, 5) is 21.5. The molecule has 0 spiro atoms. The number of Topliss-reactive ketones (excluding diaryl/α,β-unsaturated/α-hetero) is 1. The quantitative estimate of drug-likeness (QED) is 0.284. The fourth-order valence-electron chi connectivity index (χ4n) is 2.57. The van der Waals surface area contributed by atoms with E-state index in [0.717, 1.165) is 21.6 Å². The molecule has 0 bridgehead atoms. The first-order valence-corrected chi connectivity index (χ1v) is 10.3. The van der Waals surface area contributed by atoms with E-state index in [1.54, 1.807) is 23.6 Å². The number of aromatic nitrogens is 4. The van der Waals surface area contributed by atoms with Crippen LogP contribution in [0.25, 0.3) is 21.6 Å². The Kier molecular flexibility index (Phi) is 17.3. The first kappa shape index (κ1) is 35.5. The molecule has 4 rings (SSSR count). The summed E-state index contributed by atoms with van der Waals surface area (Å²) < 4.78 is 5.81. The zero-order valence-electron chi connectivity index (χ0n) is 16.9. The third-order valence-electron chi connectivity index (χ3n) is 3.93. The van der Waals surface area contributed by atoms with Crippen LogP contribution in [0, 0.1) is 5.92 Å². The van der Waals surface area contributed by atoms with E-state index < -0.39 is 0 Å². The van der Waals surface area contributed by atoms with Crippen molar-refractivity contribution in [3.63, 3.8) is 0 Å². The van der Waals surface area contributed by atoms with Crippen molar-refractivity contribution < 1.29 is 9.53 Å². The highest BCUT2D eigenvalue weighted by Gasteiger charge is 2.14. The van der Waals surface area contributed by atoms with Crippen molar-refractivity contribution in [2.75, 3.05) is 0 Å². The zero-order valence-corrected chi connectivity index (χ0v) is 17.7. The van der Waals surface area contributed by atoms with Gasteiger partial charge >= 0.3 is 0 Å². The molecule has 4 aromatic rings. The number of benzene rings is 1. The molecule has 0 radical (unpaired) electrons. The molecule has 0 aliphatic carbocycles. The second-order valence-corrected chi connectivity index (χ2v) is 7.95. The fourth-order valence-corrected chi connectivity index (χ4v) is 3.27. The van der Waals surface area contributed by atoms with Gasteiger partial charge < -0.3 is 4.74 Å². The lowest BCUT2D eigenvalue weighted by atomic mass is 10.1. The Morgan fingerprint density at radius 1 is 0.882 bits per heavy atom. The molecule has 190 valence electrons. The molecule has 6 nitrogen and oxygen atoms in total. The predicted molar refractivity (Wildman–Crippen MR) is 150 cm³/mol. The van der Waals surface area contributed by atoms with Gasteiger partial charge in [-0.1, -0.05) is 69.2 Å². The molecule has 0 aliphatic rings. The van der Waals surface area contributed by atoms with Gasteiger partial charge in [0.2, 0.25) is 5.88 Å². The average molecular weight is 489 g/mol. The second-order valence-electron chi connectivity index (χ2n) is 7.00. The number of rotatable bonds is 5. The number of ketones is 1. The molecule has 3 aromatic heterocycles. The fraction of sp³-hybridized carbons (Fsp3) is 0.407. The van der Waals surface area contributed by atoms with Gasteiger partial charge in [-0.3, -0.25) is 9.89 Å². The molecular formula is C27H44N4O2S. The van der Waals surface area contributed by atoms with Crippen LogP contribution in [0.2, 0.25) is 0 Å². The number of hydrogen-bond acceptors (Lipinski definition) is 6. The van der Waals surface area contributed by atoms with E-state index in [4.69, 9.17) is 9.72 Å². The van der Waals surface area contributed by atoms with Crippen molar-refractivity contribution in [3.05, 3.63) is 59.7 Å². The van der Waals surface area contributed by atoms with E-state index in [0.29, 0.717) is 11.6 Å². The largest absolute Gasteiger partial charge is 0.473 e. The molecule has 34 heavy (non-hydrogen) atoms. The van der Waals surface area contributed by atoms with Gasteiger partial charge in [0.05, 0.1) is 22.0 Å². The number of para-hydroxylation sites is 2. The average Bonchev–Trinajstić information content (AvgIpc) is 3.41. The molecule has 1 aromatic carbocycles. The van der Waals surface area contributed by atoms with Crippen LogP contribution >= 0.6 is 11.3 Å². The summed E-state index contributed by atoms with van der Waals surface area (Å²) in [6.45, 7) is 7.72. The van der Waals surface area contributed by atoms with Gasteiger partial charge in [0.1, 0.15) is 11.4 Å². The van der Waals surface area contributed by atoms with Crippen molar-refractivity contribution in [2.45, 2.75) is 70.9 Å². The summed E-state index contributed by atoms with van der Waals surface area (Å²) in [7, 11) is 0. The zero-order chi connectivity index (χ0) is 20.8. The molecule has 0 amide bonds. The van der Waals surface area contributed by atoms with E-state index >= 15 is 0 Å². The van der Waals surface area contributed by atoms with Crippen molar-refractivity contribution >= 4 is 28.2 Å². The van der Waals surface area contributed by atoms with Crippen LogP contribution in [-0.2, 0) is 0 Å². The molecule has 7 heteroatoms. The summed E-state index contributed by atoms with van der Waals surface area (Å²) in [5.74, 6) is 0.758. The van der Waals surface area contributed by atoms with Crippen LogP contribution in [0.3, 0.4) is 0 Å². The van der Waals surface area contributed by atoms with Gasteiger partial charge in [0.15, 0.2) is 5.78 Å². The standard InChI is InChI=1S/C15H14N2OS.C7H10N2O.5CH4/c1-10(2)18-15-14(13-8-5-9-19-13)16-11-6-3-4-7-12(11)17-15;1-5(2)7(10)6-3-4-8-9-6;;;;;/h3-10H,1-2H3;3-5H,1-2H3,(H,8,9);5*1H4. The summed E-state index contributed by atoms with van der Waals surface area (Å²) in [6.07, 6.45) is 1.66. The van der Waals surface area contributed by atoms with E-state index in [2.05, 4.69) is 15.2 Å². The number of fused-ring (bicyclic) bond motifs is 1. The van der Waals surface area contributed by atoms with E-state index in [1.807, 2.05) is 69.5 Å². The van der Waals surface area contributed by atoms with Gasteiger partial charge in [0.25, 0.3) is 0 Å². The summed E-state index contributed by atoms with van der Waals surface area (Å²) in [5.41, 5.74) is 3.16. The number of carbonyl (C=O) groups excluding carboxylic acids is 1. The van der Waals surface area contributed by atoms with Gasteiger partial charge in [-0.2, -0.15) is 5.10 Å².